The highest BCUT2D eigenvalue weighted by molar-refractivity contribution is 5.55. The van der Waals surface area contributed by atoms with Crippen molar-refractivity contribution in [3.8, 4) is 6.01 Å². The first-order valence-corrected chi connectivity index (χ1v) is 9.41. The van der Waals surface area contributed by atoms with E-state index in [-0.39, 0.29) is 42.3 Å². The number of ether oxygens (including phenoxy) is 1. The molecule has 3 aromatic rings. The van der Waals surface area contributed by atoms with Crippen molar-refractivity contribution >= 4 is 17.6 Å². The van der Waals surface area contributed by atoms with Crippen molar-refractivity contribution in [2.24, 2.45) is 10.2 Å². The van der Waals surface area contributed by atoms with E-state index in [1.807, 2.05) is 0 Å². The van der Waals surface area contributed by atoms with E-state index in [1.165, 1.54) is 24.3 Å². The fraction of sp³-hybridized carbons (Fsp3) is 0.250. The van der Waals surface area contributed by atoms with E-state index in [9.17, 15) is 26.3 Å². The molecule has 3 rings (SSSR count). The molecule has 0 aliphatic carbocycles. The van der Waals surface area contributed by atoms with Gasteiger partial charge in [-0.3, -0.25) is 0 Å². The highest BCUT2D eigenvalue weighted by Crippen LogP contribution is 2.32. The van der Waals surface area contributed by atoms with E-state index in [1.54, 1.807) is 6.92 Å². The molecular weight excluding hydrogens is 454 g/mol. The first kappa shape index (κ1) is 23.9. The Morgan fingerprint density at radius 3 is 2.21 bits per heavy atom. The minimum absolute atomic E-state index is 0.0605. The molecule has 0 amide bonds. The van der Waals surface area contributed by atoms with Gasteiger partial charge in [0.05, 0.1) is 24.3 Å². The molecule has 2 aromatic carbocycles. The smallest absolute Gasteiger partial charge is 0.416 e. The molecule has 0 atom stereocenters. The fourth-order valence-electron chi connectivity index (χ4n) is 2.57. The Morgan fingerprint density at radius 1 is 0.879 bits per heavy atom. The van der Waals surface area contributed by atoms with Crippen molar-refractivity contribution in [3.05, 3.63) is 65.2 Å². The van der Waals surface area contributed by atoms with Crippen LogP contribution in [0.5, 0.6) is 6.01 Å². The number of benzene rings is 2. The summed E-state index contributed by atoms with van der Waals surface area (Å²) in [6, 6.07) is 8.81. The van der Waals surface area contributed by atoms with Gasteiger partial charge in [-0.25, -0.2) is 0 Å². The van der Waals surface area contributed by atoms with Gasteiger partial charge in [0.25, 0.3) is 5.95 Å². The van der Waals surface area contributed by atoms with Crippen molar-refractivity contribution in [2.75, 3.05) is 11.9 Å². The van der Waals surface area contributed by atoms with Crippen LogP contribution in [0, 0.1) is 0 Å². The molecule has 1 N–H and O–H groups in total. The third-order valence-corrected chi connectivity index (χ3v) is 3.99. The van der Waals surface area contributed by atoms with Crippen LogP contribution in [0.4, 0.5) is 43.9 Å². The van der Waals surface area contributed by atoms with Gasteiger partial charge in [0, 0.05) is 5.69 Å². The lowest BCUT2D eigenvalue weighted by atomic mass is 10.1. The zero-order valence-electron chi connectivity index (χ0n) is 16.9. The Morgan fingerprint density at radius 2 is 1.55 bits per heavy atom. The number of rotatable bonds is 7. The summed E-state index contributed by atoms with van der Waals surface area (Å²) in [6.45, 7) is 1.67. The number of hydrogen-bond acceptors (Lipinski definition) is 7. The summed E-state index contributed by atoms with van der Waals surface area (Å²) in [6.07, 6.45) is -9.02. The molecule has 7 nitrogen and oxygen atoms in total. The standard InChI is InChI=1S/C20H16F6N6O/c1-2-33-18-30-16(28-15-8-4-7-14(10-15)20(24,25)26)29-17(31-18)32-27-11-12-5-3-6-13(9-12)19(21,22)23/h3-10H,2,11H2,1H3,(H,28,29,30,31). The van der Waals surface area contributed by atoms with E-state index in [4.69, 9.17) is 4.74 Å². The summed E-state index contributed by atoms with van der Waals surface area (Å²) in [7, 11) is 0. The lowest BCUT2D eigenvalue weighted by molar-refractivity contribution is -0.138. The number of aromatic nitrogens is 3. The summed E-state index contributed by atoms with van der Waals surface area (Å²) >= 11 is 0. The molecule has 0 radical (unpaired) electrons. The van der Waals surface area contributed by atoms with Crippen LogP contribution in [0.25, 0.3) is 0 Å². The van der Waals surface area contributed by atoms with Gasteiger partial charge in [-0.05, 0) is 42.8 Å². The zero-order valence-corrected chi connectivity index (χ0v) is 16.9. The van der Waals surface area contributed by atoms with E-state index < -0.39 is 23.5 Å². The first-order valence-electron chi connectivity index (χ1n) is 9.41. The number of anilines is 2. The molecule has 0 bridgehead atoms. The van der Waals surface area contributed by atoms with Crippen LogP contribution in [0.1, 0.15) is 23.6 Å². The van der Waals surface area contributed by atoms with Gasteiger partial charge in [-0.15, -0.1) is 5.11 Å². The topological polar surface area (TPSA) is 84.7 Å². The largest absolute Gasteiger partial charge is 0.464 e. The van der Waals surface area contributed by atoms with Crippen molar-refractivity contribution in [1.29, 1.82) is 0 Å². The SMILES string of the molecule is CCOc1nc(N=NCc2cccc(C(F)(F)F)c2)nc(Nc2cccc(C(F)(F)F)c2)n1. The van der Waals surface area contributed by atoms with E-state index in [2.05, 4.69) is 30.5 Å². The van der Waals surface area contributed by atoms with Crippen LogP contribution < -0.4 is 10.1 Å². The lowest BCUT2D eigenvalue weighted by Crippen LogP contribution is -2.06. The molecule has 0 saturated heterocycles. The minimum Gasteiger partial charge on any atom is -0.464 e. The van der Waals surface area contributed by atoms with Crippen LogP contribution in [0.3, 0.4) is 0 Å². The molecular formula is C20H16F6N6O. The summed E-state index contributed by atoms with van der Waals surface area (Å²) < 4.78 is 82.5. The molecule has 1 aromatic heterocycles. The molecule has 0 fully saturated rings. The quantitative estimate of drug-likeness (QED) is 0.322. The predicted molar refractivity (Wildman–Crippen MR) is 105 cm³/mol. The van der Waals surface area contributed by atoms with Crippen LogP contribution in [-0.2, 0) is 18.9 Å². The third kappa shape index (κ3) is 6.85. The van der Waals surface area contributed by atoms with Gasteiger partial charge in [0.2, 0.25) is 5.95 Å². The summed E-state index contributed by atoms with van der Waals surface area (Å²) in [5, 5.41) is 10.2. The van der Waals surface area contributed by atoms with Gasteiger partial charge in [0.1, 0.15) is 0 Å². The number of alkyl halides is 6. The van der Waals surface area contributed by atoms with E-state index in [0.717, 1.165) is 24.3 Å². The fourth-order valence-corrected chi connectivity index (χ4v) is 2.57. The minimum atomic E-state index is -4.53. The Bertz CT molecular complexity index is 1130. The monoisotopic (exact) mass is 470 g/mol. The summed E-state index contributed by atoms with van der Waals surface area (Å²) in [4.78, 5) is 11.8. The lowest BCUT2D eigenvalue weighted by Gasteiger charge is -2.10. The average Bonchev–Trinajstić information content (AvgIpc) is 2.73. The van der Waals surface area contributed by atoms with Crippen LogP contribution in [0.15, 0.2) is 58.8 Å². The Labute approximate surface area is 183 Å². The van der Waals surface area contributed by atoms with Crippen molar-refractivity contribution in [2.45, 2.75) is 25.8 Å². The van der Waals surface area contributed by atoms with E-state index in [0.29, 0.717) is 0 Å². The second-order valence-electron chi connectivity index (χ2n) is 6.48. The second kappa shape index (κ2) is 9.79. The molecule has 0 spiro atoms. The average molecular weight is 470 g/mol. The van der Waals surface area contributed by atoms with Crippen molar-refractivity contribution in [3.63, 3.8) is 0 Å². The Kier molecular flexibility index (Phi) is 7.09. The van der Waals surface area contributed by atoms with Gasteiger partial charge in [-0.2, -0.15) is 46.4 Å². The van der Waals surface area contributed by atoms with E-state index >= 15 is 0 Å². The highest BCUT2D eigenvalue weighted by Gasteiger charge is 2.31. The maximum Gasteiger partial charge on any atom is 0.416 e. The molecule has 33 heavy (non-hydrogen) atoms. The van der Waals surface area contributed by atoms with Gasteiger partial charge in [-0.1, -0.05) is 18.2 Å². The summed E-state index contributed by atoms with van der Waals surface area (Å²) in [5.74, 6) is -0.393. The highest BCUT2D eigenvalue weighted by atomic mass is 19.4. The Balaban J connectivity index is 1.81. The normalized spacial score (nSPS) is 12.2. The number of nitrogens with zero attached hydrogens (tertiary/aromatic N) is 5. The predicted octanol–water partition coefficient (Wildman–Crippen LogP) is 6.34. The van der Waals surface area contributed by atoms with Gasteiger partial charge < -0.3 is 10.1 Å². The van der Waals surface area contributed by atoms with Crippen molar-refractivity contribution in [1.82, 2.24) is 15.0 Å². The maximum absolute atomic E-state index is 12.9. The summed E-state index contributed by atoms with van der Waals surface area (Å²) in [5.41, 5.74) is -1.37. The molecule has 0 saturated carbocycles. The molecule has 174 valence electrons. The molecule has 0 aliphatic rings. The molecule has 13 heteroatoms. The van der Waals surface area contributed by atoms with Crippen LogP contribution in [-0.4, -0.2) is 21.6 Å². The second-order valence-corrected chi connectivity index (χ2v) is 6.48. The number of nitrogens with one attached hydrogen (secondary N) is 1. The molecule has 0 unspecified atom stereocenters. The van der Waals surface area contributed by atoms with Gasteiger partial charge >= 0.3 is 18.4 Å². The van der Waals surface area contributed by atoms with Gasteiger partial charge in [0.15, 0.2) is 0 Å². The van der Waals surface area contributed by atoms with Crippen LogP contribution in [0.2, 0.25) is 0 Å². The third-order valence-electron chi connectivity index (χ3n) is 3.99. The maximum atomic E-state index is 12.9. The zero-order chi connectivity index (χ0) is 24.1. The van der Waals surface area contributed by atoms with Crippen molar-refractivity contribution < 1.29 is 31.1 Å². The first-order chi connectivity index (χ1) is 15.5. The Hall–Kier alpha value is -3.77. The molecule has 0 aliphatic heterocycles. The number of halogens is 6. The number of azo groups is 1. The molecule has 1 heterocycles. The number of hydrogen-bond donors (Lipinski definition) is 1. The van der Waals surface area contributed by atoms with Crippen LogP contribution >= 0.6 is 0 Å².